The summed E-state index contributed by atoms with van der Waals surface area (Å²) in [6.07, 6.45) is 0. The van der Waals surface area contributed by atoms with Gasteiger partial charge >= 0.3 is 5.97 Å². The quantitative estimate of drug-likeness (QED) is 0.292. The van der Waals surface area contributed by atoms with Crippen LogP contribution in [0.2, 0.25) is 15.1 Å². The Hall–Kier alpha value is -2.82. The first kappa shape index (κ1) is 28.7. The zero-order valence-corrected chi connectivity index (χ0v) is 24.7. The van der Waals surface area contributed by atoms with Gasteiger partial charge in [0.05, 0.1) is 23.6 Å². The molecule has 7 nitrogen and oxygen atoms in total. The Morgan fingerprint density at radius 3 is 2.40 bits per heavy atom. The van der Waals surface area contributed by atoms with E-state index in [-0.39, 0.29) is 5.56 Å². The Labute approximate surface area is 254 Å². The van der Waals surface area contributed by atoms with Crippen LogP contribution in [0.25, 0.3) is 0 Å². The summed E-state index contributed by atoms with van der Waals surface area (Å²) in [5.41, 5.74) is 1.41. The topological polar surface area (TPSA) is 87.1 Å². The van der Waals surface area contributed by atoms with Crippen molar-refractivity contribution in [1.29, 1.82) is 0 Å². The first-order valence-electron chi connectivity index (χ1n) is 11.9. The van der Waals surface area contributed by atoms with Crippen molar-refractivity contribution in [2.24, 2.45) is 0 Å². The highest BCUT2D eigenvalue weighted by atomic mass is 35.5. The number of benzene rings is 3. The molecule has 12 heteroatoms. The van der Waals surface area contributed by atoms with Crippen molar-refractivity contribution in [3.05, 3.63) is 104 Å². The summed E-state index contributed by atoms with van der Waals surface area (Å²) in [5.74, 6) is -1.43. The fourth-order valence-electron chi connectivity index (χ4n) is 4.53. The highest BCUT2D eigenvalue weighted by Crippen LogP contribution is 2.49. The fraction of sp³-hybridized carbons (Fsp3) is 0.179. The number of ether oxygens (including phenoxy) is 1. The molecule has 0 aliphatic carbocycles. The zero-order valence-electron chi connectivity index (χ0n) is 20.8. The number of anilines is 1. The van der Waals surface area contributed by atoms with Gasteiger partial charge in [0.15, 0.2) is 11.1 Å². The van der Waals surface area contributed by atoms with E-state index in [2.05, 4.69) is 0 Å². The second kappa shape index (κ2) is 12.0. The summed E-state index contributed by atoms with van der Waals surface area (Å²) < 4.78 is 4.88. The minimum Gasteiger partial charge on any atom is -0.502 e. The third-order valence-corrected chi connectivity index (χ3v) is 9.50. The molecule has 0 bridgehead atoms. The molecule has 2 amide bonds. The number of hydrogen-bond acceptors (Lipinski definition) is 7. The van der Waals surface area contributed by atoms with Gasteiger partial charge in [-0.2, -0.15) is 0 Å². The van der Waals surface area contributed by atoms with Gasteiger partial charge in [0.1, 0.15) is 0 Å². The molecular formula is C28H21Cl3N2O5S2. The highest BCUT2D eigenvalue weighted by molar-refractivity contribution is 8.03. The molecule has 2 aliphatic rings. The Balaban J connectivity index is 1.57. The number of aliphatic hydroxyl groups is 1. The molecule has 3 aromatic carbocycles. The maximum atomic E-state index is 13.7. The van der Waals surface area contributed by atoms with Crippen LogP contribution in [0.5, 0.6) is 0 Å². The van der Waals surface area contributed by atoms with Crippen LogP contribution >= 0.6 is 58.3 Å². The van der Waals surface area contributed by atoms with Crippen LogP contribution in [0.15, 0.2) is 82.3 Å². The fourth-order valence-corrected chi connectivity index (χ4v) is 7.32. The molecule has 1 N–H and O–H groups in total. The van der Waals surface area contributed by atoms with Crippen molar-refractivity contribution in [2.75, 3.05) is 24.3 Å². The molecule has 40 heavy (non-hydrogen) atoms. The normalized spacial score (nSPS) is 18.9. The lowest BCUT2D eigenvalue weighted by molar-refractivity contribution is -0.142. The molecule has 0 aromatic heterocycles. The van der Waals surface area contributed by atoms with Crippen LogP contribution in [0.3, 0.4) is 0 Å². The van der Waals surface area contributed by atoms with E-state index in [4.69, 9.17) is 39.5 Å². The first-order valence-corrected chi connectivity index (χ1v) is 14.9. The van der Waals surface area contributed by atoms with Crippen LogP contribution in [-0.4, -0.2) is 52.6 Å². The van der Waals surface area contributed by atoms with E-state index >= 15 is 0 Å². The maximum absolute atomic E-state index is 13.7. The molecule has 1 fully saturated rings. The SMILES string of the molecule is COC(=O)C1SCCN1C(=O)c1cc(Cl)ccc1SC1=C(O)C(=O)N(c2cccc(Cl)c2)C1c1ccc(Cl)cc1. The van der Waals surface area contributed by atoms with Gasteiger partial charge in [-0.1, -0.05) is 64.8 Å². The molecule has 2 aliphatic heterocycles. The van der Waals surface area contributed by atoms with E-state index in [1.54, 1.807) is 60.7 Å². The number of amides is 2. The molecule has 0 saturated carbocycles. The van der Waals surface area contributed by atoms with E-state index in [1.807, 2.05) is 0 Å². The van der Waals surface area contributed by atoms with Crippen LogP contribution < -0.4 is 4.90 Å². The van der Waals surface area contributed by atoms with E-state index in [9.17, 15) is 19.5 Å². The minimum absolute atomic E-state index is 0.234. The summed E-state index contributed by atoms with van der Waals surface area (Å²) in [6, 6.07) is 17.8. The molecule has 0 radical (unpaired) electrons. The van der Waals surface area contributed by atoms with Crippen molar-refractivity contribution in [2.45, 2.75) is 16.3 Å². The van der Waals surface area contributed by atoms with Gasteiger partial charge in [0, 0.05) is 37.9 Å². The van der Waals surface area contributed by atoms with Crippen LogP contribution in [0, 0.1) is 0 Å². The number of esters is 1. The standard InChI is InChI=1S/C28H21Cl3N2O5S2/c1-38-28(37)27-32(11-12-39-27)25(35)20-14-18(31)9-10-21(20)40-24-22(15-5-7-16(29)8-6-15)33(26(36)23(24)34)19-4-2-3-17(30)13-19/h2-10,13-14,22,27,34H,11-12H2,1H3. The highest BCUT2D eigenvalue weighted by Gasteiger charge is 2.43. The number of methoxy groups -OCH3 is 1. The van der Waals surface area contributed by atoms with Crippen molar-refractivity contribution in [3.63, 3.8) is 0 Å². The van der Waals surface area contributed by atoms with E-state index in [1.165, 1.54) is 34.7 Å². The number of carbonyl (C=O) groups is 3. The number of thioether (sulfide) groups is 2. The molecule has 0 spiro atoms. The number of carbonyl (C=O) groups excluding carboxylic acids is 3. The van der Waals surface area contributed by atoms with Gasteiger partial charge in [-0.05, 0) is 54.1 Å². The van der Waals surface area contributed by atoms with E-state index < -0.39 is 35.0 Å². The van der Waals surface area contributed by atoms with Crippen LogP contribution in [-0.2, 0) is 14.3 Å². The summed E-state index contributed by atoms with van der Waals surface area (Å²) >= 11 is 21.1. The van der Waals surface area contributed by atoms with Gasteiger partial charge in [0.25, 0.3) is 11.8 Å². The van der Waals surface area contributed by atoms with Crippen molar-refractivity contribution >= 4 is 81.8 Å². The van der Waals surface area contributed by atoms with Crippen molar-refractivity contribution in [1.82, 2.24) is 4.90 Å². The number of rotatable bonds is 6. The average Bonchev–Trinajstić information content (AvgIpc) is 3.53. The predicted molar refractivity (Wildman–Crippen MR) is 159 cm³/mol. The van der Waals surface area contributed by atoms with Gasteiger partial charge in [0.2, 0.25) is 0 Å². The largest absolute Gasteiger partial charge is 0.502 e. The molecule has 2 unspecified atom stereocenters. The lowest BCUT2D eigenvalue weighted by atomic mass is 10.1. The third kappa shape index (κ3) is 5.53. The zero-order chi connectivity index (χ0) is 28.6. The van der Waals surface area contributed by atoms with Gasteiger partial charge < -0.3 is 14.7 Å². The summed E-state index contributed by atoms with van der Waals surface area (Å²) in [7, 11) is 1.28. The van der Waals surface area contributed by atoms with E-state index in [0.29, 0.717) is 48.4 Å². The Morgan fingerprint density at radius 1 is 1.00 bits per heavy atom. The predicted octanol–water partition coefficient (Wildman–Crippen LogP) is 6.98. The lowest BCUT2D eigenvalue weighted by Gasteiger charge is -2.28. The van der Waals surface area contributed by atoms with Crippen LogP contribution in [0.4, 0.5) is 5.69 Å². The van der Waals surface area contributed by atoms with Gasteiger partial charge in [-0.15, -0.1) is 11.8 Å². The number of aliphatic hydroxyl groups excluding tert-OH is 1. The van der Waals surface area contributed by atoms with Gasteiger partial charge in [-0.3, -0.25) is 14.5 Å². The molecular weight excluding hydrogens is 615 g/mol. The molecule has 3 aromatic rings. The Morgan fingerprint density at radius 2 is 1.70 bits per heavy atom. The summed E-state index contributed by atoms with van der Waals surface area (Å²) in [5, 5.41) is 11.7. The van der Waals surface area contributed by atoms with Crippen molar-refractivity contribution < 1.29 is 24.2 Å². The smallest absolute Gasteiger partial charge is 0.339 e. The maximum Gasteiger partial charge on any atom is 0.339 e. The molecule has 206 valence electrons. The molecule has 5 rings (SSSR count). The number of hydrogen-bond donors (Lipinski definition) is 1. The third-order valence-electron chi connectivity index (χ3n) is 6.38. The van der Waals surface area contributed by atoms with E-state index in [0.717, 1.165) is 11.8 Å². The lowest BCUT2D eigenvalue weighted by Crippen LogP contribution is -2.40. The second-order valence-electron chi connectivity index (χ2n) is 8.81. The monoisotopic (exact) mass is 634 g/mol. The molecule has 1 saturated heterocycles. The number of halogens is 3. The second-order valence-corrected chi connectivity index (χ2v) is 12.4. The summed E-state index contributed by atoms with van der Waals surface area (Å²) in [6.45, 7) is 0.349. The number of nitrogens with zero attached hydrogens (tertiary/aromatic N) is 2. The molecule has 2 atom stereocenters. The van der Waals surface area contributed by atoms with Crippen molar-refractivity contribution in [3.8, 4) is 0 Å². The first-order chi connectivity index (χ1) is 19.2. The minimum atomic E-state index is -0.782. The Bertz CT molecular complexity index is 1530. The van der Waals surface area contributed by atoms with Crippen LogP contribution in [0.1, 0.15) is 22.0 Å². The van der Waals surface area contributed by atoms with Gasteiger partial charge in [-0.25, -0.2) is 4.79 Å². The summed E-state index contributed by atoms with van der Waals surface area (Å²) in [4.78, 5) is 43.2. The molecule has 2 heterocycles. The average molecular weight is 636 g/mol. The Kier molecular flexibility index (Phi) is 8.58.